The number of ether oxygens (including phenoxy) is 2. The number of benzene rings is 5. The van der Waals surface area contributed by atoms with Crippen LogP contribution in [0.15, 0.2) is 102 Å². The maximum Gasteiger partial charge on any atom is 0.336 e. The smallest absolute Gasteiger partial charge is 0.336 e. The number of hydrogen-bond donors (Lipinski definition) is 3. The molecule has 0 aromatic heterocycles. The van der Waals surface area contributed by atoms with Crippen molar-refractivity contribution in [3.63, 3.8) is 0 Å². The SMILES string of the molecule is O=C(O)c1ccccc1SC[C@H]1C[C@@H](c2ccc(CO)cc2)O[C@@H](c2ccc(-c3cccc(CNC(=O)c4c(F)c(F)c(F)c(F)c4F)c3)cc2)O1. The van der Waals surface area contributed by atoms with Crippen molar-refractivity contribution in [2.24, 2.45) is 0 Å². The first-order chi connectivity index (χ1) is 25.0. The summed E-state index contributed by atoms with van der Waals surface area (Å²) in [5.74, 6) is -13.2. The maximum atomic E-state index is 14.1. The fraction of sp³-hybridized carbons (Fsp3) is 0.179. The molecule has 0 aliphatic carbocycles. The number of aliphatic hydroxyl groups is 1. The minimum absolute atomic E-state index is 0.0951. The number of carboxylic acids is 1. The van der Waals surface area contributed by atoms with E-state index in [-0.39, 0.29) is 30.9 Å². The predicted octanol–water partition coefficient (Wildman–Crippen LogP) is 8.51. The van der Waals surface area contributed by atoms with E-state index in [2.05, 4.69) is 5.32 Å². The van der Waals surface area contributed by atoms with Crippen LogP contribution < -0.4 is 5.32 Å². The van der Waals surface area contributed by atoms with Crippen LogP contribution in [-0.4, -0.2) is 33.9 Å². The van der Waals surface area contributed by atoms with Crippen molar-refractivity contribution in [3.8, 4) is 11.1 Å². The summed E-state index contributed by atoms with van der Waals surface area (Å²) in [6.07, 6.45) is -0.940. The zero-order valence-electron chi connectivity index (χ0n) is 27.1. The van der Waals surface area contributed by atoms with Crippen molar-refractivity contribution in [2.45, 2.75) is 43.0 Å². The van der Waals surface area contributed by atoms with Crippen LogP contribution in [0.3, 0.4) is 0 Å². The number of nitrogens with one attached hydrogen (secondary N) is 1. The highest BCUT2D eigenvalue weighted by Gasteiger charge is 2.33. The molecule has 1 heterocycles. The highest BCUT2D eigenvalue weighted by Crippen LogP contribution is 2.40. The van der Waals surface area contributed by atoms with Crippen LogP contribution in [0.25, 0.3) is 11.1 Å². The molecule has 0 radical (unpaired) electrons. The van der Waals surface area contributed by atoms with Gasteiger partial charge in [-0.05, 0) is 46.0 Å². The van der Waals surface area contributed by atoms with Crippen molar-refractivity contribution in [2.75, 3.05) is 5.75 Å². The number of aliphatic hydroxyl groups excluding tert-OH is 1. The van der Waals surface area contributed by atoms with Gasteiger partial charge in [0.1, 0.15) is 5.56 Å². The number of carbonyl (C=O) groups excluding carboxylic acids is 1. The number of carbonyl (C=O) groups is 2. The average Bonchev–Trinajstić information content (AvgIpc) is 3.18. The van der Waals surface area contributed by atoms with E-state index >= 15 is 0 Å². The predicted molar refractivity (Wildman–Crippen MR) is 182 cm³/mol. The molecule has 13 heteroatoms. The Morgan fingerprint density at radius 1 is 0.731 bits per heavy atom. The summed E-state index contributed by atoms with van der Waals surface area (Å²) >= 11 is 1.38. The van der Waals surface area contributed by atoms with Crippen molar-refractivity contribution < 1.29 is 51.2 Å². The Hall–Kier alpha value is -5.08. The van der Waals surface area contributed by atoms with E-state index in [0.717, 1.165) is 16.7 Å². The minimum Gasteiger partial charge on any atom is -0.478 e. The molecule has 1 amide bonds. The van der Waals surface area contributed by atoms with Crippen LogP contribution in [0.5, 0.6) is 0 Å². The first-order valence-corrected chi connectivity index (χ1v) is 17.0. The Balaban J connectivity index is 1.17. The lowest BCUT2D eigenvalue weighted by Crippen LogP contribution is -2.31. The Kier molecular flexibility index (Phi) is 11.3. The van der Waals surface area contributed by atoms with Crippen molar-refractivity contribution in [1.29, 1.82) is 0 Å². The highest BCUT2D eigenvalue weighted by molar-refractivity contribution is 7.99. The summed E-state index contributed by atoms with van der Waals surface area (Å²) in [4.78, 5) is 24.8. The largest absolute Gasteiger partial charge is 0.478 e. The molecule has 3 atom stereocenters. The zero-order chi connectivity index (χ0) is 36.9. The summed E-state index contributed by atoms with van der Waals surface area (Å²) in [6, 6.07) is 28.3. The van der Waals surface area contributed by atoms with Gasteiger partial charge in [-0.1, -0.05) is 78.9 Å². The molecular weight excluding hydrogens is 705 g/mol. The van der Waals surface area contributed by atoms with E-state index in [4.69, 9.17) is 9.47 Å². The van der Waals surface area contributed by atoms with Crippen LogP contribution in [0.1, 0.15) is 61.8 Å². The molecule has 268 valence electrons. The van der Waals surface area contributed by atoms with Gasteiger partial charge < -0.3 is 25.0 Å². The lowest BCUT2D eigenvalue weighted by Gasteiger charge is -2.36. The lowest BCUT2D eigenvalue weighted by atomic mass is 9.99. The molecule has 3 N–H and O–H groups in total. The van der Waals surface area contributed by atoms with Gasteiger partial charge in [0.05, 0.1) is 24.4 Å². The number of thioether (sulfide) groups is 1. The van der Waals surface area contributed by atoms with Crippen molar-refractivity contribution >= 4 is 23.6 Å². The maximum absolute atomic E-state index is 14.1. The van der Waals surface area contributed by atoms with Gasteiger partial charge >= 0.3 is 5.97 Å². The summed E-state index contributed by atoms with van der Waals surface area (Å²) in [6.45, 7) is -0.354. The first kappa shape index (κ1) is 36.7. The minimum atomic E-state index is -2.35. The topological polar surface area (TPSA) is 105 Å². The van der Waals surface area contributed by atoms with Crippen molar-refractivity contribution in [3.05, 3.63) is 160 Å². The molecule has 5 aromatic carbocycles. The second-order valence-electron chi connectivity index (χ2n) is 11.9. The fourth-order valence-corrected chi connectivity index (χ4v) is 6.81. The van der Waals surface area contributed by atoms with Gasteiger partial charge in [-0.25, -0.2) is 26.7 Å². The van der Waals surface area contributed by atoms with Crippen LogP contribution in [0.4, 0.5) is 22.0 Å². The summed E-state index contributed by atoms with van der Waals surface area (Å²) in [7, 11) is 0. The van der Waals surface area contributed by atoms with Gasteiger partial charge in [-0.2, -0.15) is 0 Å². The number of amides is 1. The normalized spacial score (nSPS) is 17.2. The van der Waals surface area contributed by atoms with E-state index in [9.17, 15) is 41.8 Å². The van der Waals surface area contributed by atoms with Crippen LogP contribution in [0, 0.1) is 29.1 Å². The van der Waals surface area contributed by atoms with Gasteiger partial charge in [0.15, 0.2) is 29.6 Å². The zero-order valence-corrected chi connectivity index (χ0v) is 27.9. The molecule has 6 rings (SSSR count). The second kappa shape index (κ2) is 16.1. The highest BCUT2D eigenvalue weighted by atomic mass is 32.2. The summed E-state index contributed by atoms with van der Waals surface area (Å²) < 4.78 is 81.7. The number of rotatable bonds is 11. The third-order valence-corrected chi connectivity index (χ3v) is 9.70. The van der Waals surface area contributed by atoms with Crippen LogP contribution in [-0.2, 0) is 22.6 Å². The Bertz CT molecular complexity index is 2070. The van der Waals surface area contributed by atoms with Crippen LogP contribution in [0.2, 0.25) is 0 Å². The summed E-state index contributed by atoms with van der Waals surface area (Å²) in [5, 5.41) is 21.3. The van der Waals surface area contributed by atoms with E-state index in [1.165, 1.54) is 11.8 Å². The Labute approximate surface area is 299 Å². The number of halogens is 5. The van der Waals surface area contributed by atoms with Gasteiger partial charge in [0.2, 0.25) is 5.82 Å². The van der Waals surface area contributed by atoms with E-state index in [1.54, 1.807) is 48.5 Å². The quantitative estimate of drug-likeness (QED) is 0.0541. The molecule has 0 spiro atoms. The standard InChI is InChI=1S/C39H30F5NO6S/c40-32-31(33(41)35(43)36(44)34(32)42)37(47)45-18-22-4-3-5-26(16-22)23-12-14-25(15-13-23)39-50-27(20-52-30-7-2-1-6-28(30)38(48)49)17-29(51-39)24-10-8-21(19-46)9-11-24/h1-16,27,29,39,46H,17-20H2,(H,45,47)(H,48,49)/t27-,29+,39+/m1/s1. The molecule has 1 aliphatic rings. The van der Waals surface area contributed by atoms with E-state index < -0.39 is 52.8 Å². The van der Waals surface area contributed by atoms with Crippen molar-refractivity contribution in [1.82, 2.24) is 5.32 Å². The molecule has 0 bridgehead atoms. The Morgan fingerprint density at radius 2 is 1.38 bits per heavy atom. The summed E-state index contributed by atoms with van der Waals surface area (Å²) in [5.41, 5.74) is 2.99. The third kappa shape index (κ3) is 8.02. The molecule has 0 saturated carbocycles. The molecule has 7 nitrogen and oxygen atoms in total. The average molecular weight is 736 g/mol. The first-order valence-electron chi connectivity index (χ1n) is 16.0. The fourth-order valence-electron chi connectivity index (χ4n) is 5.74. The third-order valence-electron chi connectivity index (χ3n) is 8.49. The lowest BCUT2D eigenvalue weighted by molar-refractivity contribution is -0.245. The van der Waals surface area contributed by atoms with Gasteiger partial charge in [0, 0.05) is 29.2 Å². The van der Waals surface area contributed by atoms with Gasteiger partial charge in [0.25, 0.3) is 5.91 Å². The molecule has 52 heavy (non-hydrogen) atoms. The number of carboxylic acid groups (broad SMARTS) is 1. The molecule has 0 unspecified atom stereocenters. The van der Waals surface area contributed by atoms with Crippen LogP contribution >= 0.6 is 11.8 Å². The van der Waals surface area contributed by atoms with Gasteiger partial charge in [-0.3, -0.25) is 4.79 Å². The van der Waals surface area contributed by atoms with E-state index in [0.29, 0.717) is 33.8 Å². The Morgan fingerprint density at radius 3 is 2.06 bits per heavy atom. The molecule has 5 aromatic rings. The molecule has 1 fully saturated rings. The monoisotopic (exact) mass is 735 g/mol. The number of hydrogen-bond acceptors (Lipinski definition) is 6. The van der Waals surface area contributed by atoms with E-state index in [1.807, 2.05) is 48.5 Å². The molecule has 1 saturated heterocycles. The van der Waals surface area contributed by atoms with Gasteiger partial charge in [-0.15, -0.1) is 11.8 Å². The molecule has 1 aliphatic heterocycles. The number of aromatic carboxylic acids is 1. The molecular formula is C39H30F5NO6S. The second-order valence-corrected chi connectivity index (χ2v) is 13.0.